The Hall–Kier alpha value is -1.55. The third-order valence-electron chi connectivity index (χ3n) is 3.76. The monoisotopic (exact) mass is 274 g/mol. The standard InChI is InChI=1S/C15H18N2OS/c1-18-11-5-6-14-12(9-11)13(10-16-14)15(19)17-7-3-2-4-8-17/h5-6,9-10,16H,2-4,7-8H2,1H3. The second kappa shape index (κ2) is 5.21. The molecule has 0 unspecified atom stereocenters. The molecule has 2 aromatic rings. The SMILES string of the molecule is COc1ccc2[nH]cc(C(=S)N3CCCCC3)c2c1. The number of H-pyrrole nitrogens is 1. The van der Waals surface area contributed by atoms with Gasteiger partial charge in [0.25, 0.3) is 0 Å². The van der Waals surface area contributed by atoms with Crippen molar-refractivity contribution in [3.8, 4) is 5.75 Å². The molecule has 1 aliphatic rings. The maximum absolute atomic E-state index is 5.67. The molecular weight excluding hydrogens is 256 g/mol. The predicted molar refractivity (Wildman–Crippen MR) is 82.0 cm³/mol. The molecule has 1 saturated heterocycles. The van der Waals surface area contributed by atoms with E-state index in [0.717, 1.165) is 40.3 Å². The molecule has 3 rings (SSSR count). The second-order valence-electron chi connectivity index (χ2n) is 4.97. The highest BCUT2D eigenvalue weighted by molar-refractivity contribution is 7.80. The molecule has 0 amide bonds. The predicted octanol–water partition coefficient (Wildman–Crippen LogP) is 3.34. The number of nitrogens with zero attached hydrogens (tertiary/aromatic N) is 1. The lowest BCUT2D eigenvalue weighted by atomic mass is 10.1. The highest BCUT2D eigenvalue weighted by Gasteiger charge is 2.17. The minimum atomic E-state index is 0.870. The highest BCUT2D eigenvalue weighted by Crippen LogP contribution is 2.26. The average Bonchev–Trinajstić information content (AvgIpc) is 2.90. The van der Waals surface area contributed by atoms with Crippen LogP contribution in [0, 0.1) is 0 Å². The van der Waals surface area contributed by atoms with E-state index in [1.807, 2.05) is 18.3 Å². The summed E-state index contributed by atoms with van der Waals surface area (Å²) in [6.45, 7) is 2.16. The number of thiocarbonyl (C=S) groups is 1. The van der Waals surface area contributed by atoms with Gasteiger partial charge in [-0.3, -0.25) is 0 Å². The van der Waals surface area contributed by atoms with Crippen molar-refractivity contribution < 1.29 is 4.74 Å². The molecular formula is C15H18N2OS. The Morgan fingerprint density at radius 2 is 2.05 bits per heavy atom. The topological polar surface area (TPSA) is 28.3 Å². The molecule has 1 N–H and O–H groups in total. The number of aromatic nitrogens is 1. The lowest BCUT2D eigenvalue weighted by molar-refractivity contribution is 0.348. The zero-order valence-electron chi connectivity index (χ0n) is 11.1. The molecule has 4 heteroatoms. The third-order valence-corrected chi connectivity index (χ3v) is 4.24. The normalized spacial score (nSPS) is 15.7. The van der Waals surface area contributed by atoms with Gasteiger partial charge in [0.2, 0.25) is 0 Å². The van der Waals surface area contributed by atoms with Gasteiger partial charge in [-0.25, -0.2) is 0 Å². The lowest BCUT2D eigenvalue weighted by Crippen LogP contribution is -2.34. The number of ether oxygens (including phenoxy) is 1. The molecule has 1 aromatic heterocycles. The van der Waals surface area contributed by atoms with E-state index in [2.05, 4.69) is 16.0 Å². The molecule has 0 spiro atoms. The number of rotatable bonds is 2. The van der Waals surface area contributed by atoms with E-state index in [4.69, 9.17) is 17.0 Å². The highest BCUT2D eigenvalue weighted by atomic mass is 32.1. The van der Waals surface area contributed by atoms with Crippen molar-refractivity contribution in [1.82, 2.24) is 9.88 Å². The van der Waals surface area contributed by atoms with E-state index in [1.54, 1.807) is 7.11 Å². The summed E-state index contributed by atoms with van der Waals surface area (Å²) in [6, 6.07) is 6.06. The fourth-order valence-electron chi connectivity index (χ4n) is 2.67. The molecule has 0 radical (unpaired) electrons. The van der Waals surface area contributed by atoms with Crippen molar-refractivity contribution in [1.29, 1.82) is 0 Å². The van der Waals surface area contributed by atoms with Crippen molar-refractivity contribution in [2.75, 3.05) is 20.2 Å². The molecule has 0 aliphatic carbocycles. The smallest absolute Gasteiger partial charge is 0.119 e. The molecule has 1 fully saturated rings. The first-order valence-electron chi connectivity index (χ1n) is 6.74. The number of likely N-dealkylation sites (tertiary alicyclic amines) is 1. The van der Waals surface area contributed by atoms with Gasteiger partial charge in [-0.15, -0.1) is 0 Å². The Kier molecular flexibility index (Phi) is 3.42. The first-order valence-corrected chi connectivity index (χ1v) is 7.15. The van der Waals surface area contributed by atoms with Gasteiger partial charge in [0.05, 0.1) is 7.11 Å². The first kappa shape index (κ1) is 12.5. The second-order valence-corrected chi connectivity index (χ2v) is 5.35. The van der Waals surface area contributed by atoms with E-state index in [9.17, 15) is 0 Å². The van der Waals surface area contributed by atoms with Crippen LogP contribution in [-0.2, 0) is 0 Å². The molecule has 19 heavy (non-hydrogen) atoms. The van der Waals surface area contributed by atoms with Crippen LogP contribution in [0.25, 0.3) is 10.9 Å². The van der Waals surface area contributed by atoms with Crippen LogP contribution in [0.3, 0.4) is 0 Å². The number of methoxy groups -OCH3 is 1. The number of hydrogen-bond acceptors (Lipinski definition) is 2. The average molecular weight is 274 g/mol. The van der Waals surface area contributed by atoms with Gasteiger partial charge in [0.15, 0.2) is 0 Å². The van der Waals surface area contributed by atoms with Crippen molar-refractivity contribution in [2.24, 2.45) is 0 Å². The van der Waals surface area contributed by atoms with Crippen LogP contribution in [-0.4, -0.2) is 35.1 Å². The van der Waals surface area contributed by atoms with Crippen molar-refractivity contribution in [2.45, 2.75) is 19.3 Å². The Morgan fingerprint density at radius 3 is 2.79 bits per heavy atom. The van der Waals surface area contributed by atoms with Crippen LogP contribution in [0.1, 0.15) is 24.8 Å². The minimum absolute atomic E-state index is 0.870. The quantitative estimate of drug-likeness (QED) is 0.851. The van der Waals surface area contributed by atoms with E-state index < -0.39 is 0 Å². The number of fused-ring (bicyclic) bond motifs is 1. The van der Waals surface area contributed by atoms with Crippen LogP contribution in [0.15, 0.2) is 24.4 Å². The van der Waals surface area contributed by atoms with Gasteiger partial charge in [-0.05, 0) is 37.5 Å². The Morgan fingerprint density at radius 1 is 1.26 bits per heavy atom. The Labute approximate surface area is 118 Å². The van der Waals surface area contributed by atoms with Crippen LogP contribution >= 0.6 is 12.2 Å². The zero-order valence-corrected chi connectivity index (χ0v) is 11.9. The molecule has 0 atom stereocenters. The summed E-state index contributed by atoms with van der Waals surface area (Å²) in [4.78, 5) is 6.57. The summed E-state index contributed by atoms with van der Waals surface area (Å²) in [5.41, 5.74) is 2.22. The summed E-state index contributed by atoms with van der Waals surface area (Å²) in [5.74, 6) is 0.870. The van der Waals surface area contributed by atoms with E-state index >= 15 is 0 Å². The van der Waals surface area contributed by atoms with Gasteiger partial charge in [0, 0.05) is 35.8 Å². The van der Waals surface area contributed by atoms with Gasteiger partial charge < -0.3 is 14.6 Å². The summed E-state index contributed by atoms with van der Waals surface area (Å²) in [6.07, 6.45) is 5.82. The largest absolute Gasteiger partial charge is 0.497 e. The summed E-state index contributed by atoms with van der Waals surface area (Å²) < 4.78 is 5.30. The van der Waals surface area contributed by atoms with Gasteiger partial charge in [-0.2, -0.15) is 0 Å². The Bertz CT molecular complexity index is 599. The fourth-order valence-corrected chi connectivity index (χ4v) is 3.02. The third kappa shape index (κ3) is 2.32. The van der Waals surface area contributed by atoms with Crippen LogP contribution in [0.4, 0.5) is 0 Å². The number of aromatic amines is 1. The van der Waals surface area contributed by atoms with Crippen molar-refractivity contribution >= 4 is 28.1 Å². The van der Waals surface area contributed by atoms with Crippen LogP contribution in [0.5, 0.6) is 5.75 Å². The summed E-state index contributed by atoms with van der Waals surface area (Å²) in [7, 11) is 1.69. The van der Waals surface area contributed by atoms with E-state index in [-0.39, 0.29) is 0 Å². The summed E-state index contributed by atoms with van der Waals surface area (Å²) in [5, 5.41) is 1.15. The lowest BCUT2D eigenvalue weighted by Gasteiger charge is -2.28. The minimum Gasteiger partial charge on any atom is -0.497 e. The van der Waals surface area contributed by atoms with Gasteiger partial charge >= 0.3 is 0 Å². The van der Waals surface area contributed by atoms with Crippen LogP contribution in [0.2, 0.25) is 0 Å². The van der Waals surface area contributed by atoms with Crippen molar-refractivity contribution in [3.05, 3.63) is 30.0 Å². The fraction of sp³-hybridized carbons (Fsp3) is 0.400. The van der Waals surface area contributed by atoms with Gasteiger partial charge in [-0.1, -0.05) is 12.2 Å². The molecule has 1 aromatic carbocycles. The molecule has 3 nitrogen and oxygen atoms in total. The molecule has 2 heterocycles. The molecule has 1 aliphatic heterocycles. The number of hydrogen-bond donors (Lipinski definition) is 1. The van der Waals surface area contributed by atoms with E-state index in [1.165, 1.54) is 19.3 Å². The zero-order chi connectivity index (χ0) is 13.2. The van der Waals surface area contributed by atoms with E-state index in [0.29, 0.717) is 0 Å². The first-order chi connectivity index (χ1) is 9.29. The molecule has 0 bridgehead atoms. The van der Waals surface area contributed by atoms with Gasteiger partial charge in [0.1, 0.15) is 10.7 Å². The number of piperidine rings is 1. The maximum atomic E-state index is 5.67. The maximum Gasteiger partial charge on any atom is 0.119 e. The van der Waals surface area contributed by atoms with Crippen LogP contribution < -0.4 is 4.74 Å². The number of nitrogens with one attached hydrogen (secondary N) is 1. The van der Waals surface area contributed by atoms with Crippen molar-refractivity contribution in [3.63, 3.8) is 0 Å². The summed E-state index contributed by atoms with van der Waals surface area (Å²) >= 11 is 5.67. The molecule has 0 saturated carbocycles. The molecule has 100 valence electrons. The Balaban J connectivity index is 1.97. The number of benzene rings is 1.